The molecule has 0 aliphatic heterocycles. The Labute approximate surface area is 217 Å². The van der Waals surface area contributed by atoms with Crippen LogP contribution < -0.4 is 4.74 Å². The molecule has 0 unspecified atom stereocenters. The van der Waals surface area contributed by atoms with Gasteiger partial charge >= 0.3 is 5.97 Å². The fourth-order valence-electron chi connectivity index (χ4n) is 6.22. The average molecular weight is 529 g/mol. The largest absolute Gasteiger partial charge is 0.508 e. The highest BCUT2D eigenvalue weighted by atomic mass is 19.1. The van der Waals surface area contributed by atoms with Gasteiger partial charge in [0.15, 0.2) is 17.1 Å². The van der Waals surface area contributed by atoms with E-state index in [1.165, 1.54) is 0 Å². The summed E-state index contributed by atoms with van der Waals surface area (Å²) >= 11 is 0. The second-order valence-corrected chi connectivity index (χ2v) is 10.3. The van der Waals surface area contributed by atoms with Gasteiger partial charge in [-0.25, -0.2) is 9.18 Å². The number of fused-ring (bicyclic) bond motifs is 4. The molecule has 0 bridgehead atoms. The Hall–Kier alpha value is -3.70. The molecule has 202 valence electrons. The van der Waals surface area contributed by atoms with Crippen LogP contribution in [0.15, 0.2) is 28.5 Å². The third kappa shape index (κ3) is 3.41. The number of aliphatic hydroxyl groups excluding tert-OH is 1. The number of aliphatic hydroxyl groups is 2. The molecule has 0 amide bonds. The van der Waals surface area contributed by atoms with Crippen molar-refractivity contribution in [3.05, 3.63) is 57.8 Å². The van der Waals surface area contributed by atoms with Gasteiger partial charge in [0.2, 0.25) is 0 Å². The van der Waals surface area contributed by atoms with Crippen LogP contribution in [0, 0.1) is 17.7 Å². The first kappa shape index (κ1) is 25.9. The summed E-state index contributed by atoms with van der Waals surface area (Å²) in [7, 11) is 3.56. The number of aromatic nitrogens is 1. The lowest BCUT2D eigenvalue weighted by Gasteiger charge is -2.51. The zero-order valence-corrected chi connectivity index (χ0v) is 21.2. The Kier molecular flexibility index (Phi) is 6.11. The second-order valence-electron chi connectivity index (χ2n) is 10.3. The number of benzene rings is 1. The summed E-state index contributed by atoms with van der Waals surface area (Å²) in [5.74, 6) is -6.25. The molecule has 3 aliphatic rings. The molecule has 0 spiro atoms. The lowest BCUT2D eigenvalue weighted by Crippen LogP contribution is -2.54. The van der Waals surface area contributed by atoms with Gasteiger partial charge in [-0.05, 0) is 56.1 Å². The summed E-state index contributed by atoms with van der Waals surface area (Å²) in [6.07, 6.45) is 1.85. The molecule has 0 fully saturated rings. The highest BCUT2D eigenvalue weighted by Crippen LogP contribution is 2.60. The van der Waals surface area contributed by atoms with E-state index in [0.717, 1.165) is 18.9 Å². The normalized spacial score (nSPS) is 26.1. The molecule has 5 rings (SSSR count). The molecule has 1 aromatic heterocycles. The first-order chi connectivity index (χ1) is 17.9. The maximum Gasteiger partial charge on any atom is 0.342 e. The minimum absolute atomic E-state index is 0.0404. The van der Waals surface area contributed by atoms with Crippen molar-refractivity contribution >= 4 is 17.3 Å². The number of hydrogen-bond donors (Lipinski definition) is 4. The standard InChI is InChI=1S/C27H29FN2O8/c1-5-6-7-37-25-16-11(2)27(36)14(20(30(3)4)23(16)38-29-25)9-12-8-13-10-15(28)19(26(34)35)22(32)17(13)21(31)18(12)24(27)33/h10,12,14,20,32-33,36H,2,5-9H2,1,3-4H3,(H,34,35)/t12-,14-,20-,27-/m0/s1. The summed E-state index contributed by atoms with van der Waals surface area (Å²) in [5, 5.41) is 47.7. The SMILES string of the molecule is C=C1c2c(OCCCC)noc2[C@@H](N(C)C)[C@@H]2C[C@@H]3Cc4cc(F)c(C(=O)O)c(O)c4C(=O)C3=C(O)[C@]12O. The van der Waals surface area contributed by atoms with Crippen LogP contribution in [0.1, 0.15) is 69.8 Å². The van der Waals surface area contributed by atoms with Crippen molar-refractivity contribution in [1.82, 2.24) is 10.1 Å². The number of phenols is 1. The topological polar surface area (TPSA) is 154 Å². The Morgan fingerprint density at radius 2 is 2.05 bits per heavy atom. The third-order valence-corrected chi connectivity index (χ3v) is 7.98. The van der Waals surface area contributed by atoms with Gasteiger partial charge in [-0.3, -0.25) is 9.69 Å². The Bertz CT molecular complexity index is 1410. The third-order valence-electron chi connectivity index (χ3n) is 7.98. The van der Waals surface area contributed by atoms with Crippen molar-refractivity contribution in [2.24, 2.45) is 11.8 Å². The van der Waals surface area contributed by atoms with Crippen LogP contribution in [0.2, 0.25) is 0 Å². The molecule has 10 nitrogen and oxygen atoms in total. The van der Waals surface area contributed by atoms with Crippen LogP contribution in [0.5, 0.6) is 11.6 Å². The number of carboxylic acids is 1. The van der Waals surface area contributed by atoms with Crippen molar-refractivity contribution in [2.45, 2.75) is 44.2 Å². The molecular formula is C27H29FN2O8. The molecule has 2 aromatic rings. The molecular weight excluding hydrogens is 499 g/mol. The lowest BCUT2D eigenvalue weighted by atomic mass is 9.57. The van der Waals surface area contributed by atoms with Crippen LogP contribution in [0.3, 0.4) is 0 Å². The Morgan fingerprint density at radius 3 is 2.68 bits per heavy atom. The van der Waals surface area contributed by atoms with E-state index in [9.17, 15) is 34.4 Å². The molecule has 11 heteroatoms. The summed E-state index contributed by atoms with van der Waals surface area (Å²) in [5.41, 5.74) is -3.21. The van der Waals surface area contributed by atoms with E-state index in [2.05, 4.69) is 11.7 Å². The van der Waals surface area contributed by atoms with E-state index in [4.69, 9.17) is 9.26 Å². The lowest BCUT2D eigenvalue weighted by molar-refractivity contribution is -0.0373. The number of nitrogens with zero attached hydrogens (tertiary/aromatic N) is 2. The molecule has 4 atom stereocenters. The van der Waals surface area contributed by atoms with Crippen LogP contribution in [-0.4, -0.2) is 68.5 Å². The highest BCUT2D eigenvalue weighted by molar-refractivity contribution is 6.15. The average Bonchev–Trinajstić information content (AvgIpc) is 3.24. The van der Waals surface area contributed by atoms with Gasteiger partial charge in [0.05, 0.1) is 23.8 Å². The Balaban J connectivity index is 1.68. The number of ketones is 1. The van der Waals surface area contributed by atoms with E-state index in [0.29, 0.717) is 17.9 Å². The number of allylic oxidation sites excluding steroid dienone is 1. The van der Waals surface area contributed by atoms with Gasteiger partial charge in [0.1, 0.15) is 22.9 Å². The van der Waals surface area contributed by atoms with E-state index >= 15 is 0 Å². The number of hydrogen-bond acceptors (Lipinski definition) is 9. The van der Waals surface area contributed by atoms with Crippen molar-refractivity contribution < 1.29 is 43.7 Å². The number of halogens is 1. The Morgan fingerprint density at radius 1 is 1.34 bits per heavy atom. The van der Waals surface area contributed by atoms with Crippen LogP contribution >= 0.6 is 0 Å². The molecule has 3 aliphatic carbocycles. The van der Waals surface area contributed by atoms with E-state index in [1.807, 2.05) is 11.8 Å². The summed E-state index contributed by atoms with van der Waals surface area (Å²) in [6.45, 7) is 6.41. The number of carboxylic acid groups (broad SMARTS) is 1. The first-order valence-corrected chi connectivity index (χ1v) is 12.4. The molecule has 1 heterocycles. The second kappa shape index (κ2) is 8.95. The number of carbonyl (C=O) groups excluding carboxylic acids is 1. The quantitative estimate of drug-likeness (QED) is 0.409. The molecule has 4 N–H and O–H groups in total. The van der Waals surface area contributed by atoms with Gasteiger partial charge in [0.25, 0.3) is 5.88 Å². The zero-order chi connectivity index (χ0) is 27.7. The van der Waals surface area contributed by atoms with Crippen LogP contribution in [-0.2, 0) is 6.42 Å². The van der Waals surface area contributed by atoms with Crippen LogP contribution in [0.4, 0.5) is 4.39 Å². The summed E-state index contributed by atoms with van der Waals surface area (Å²) in [6, 6.07) is 0.346. The van der Waals surface area contributed by atoms with Gasteiger partial charge in [0, 0.05) is 17.1 Å². The number of carbonyl (C=O) groups is 2. The van der Waals surface area contributed by atoms with Gasteiger partial charge in [-0.1, -0.05) is 19.9 Å². The van der Waals surface area contributed by atoms with Crippen molar-refractivity contribution in [3.8, 4) is 11.6 Å². The van der Waals surface area contributed by atoms with Crippen LogP contribution in [0.25, 0.3) is 5.57 Å². The van der Waals surface area contributed by atoms with Crippen molar-refractivity contribution in [3.63, 3.8) is 0 Å². The van der Waals surface area contributed by atoms with E-state index < -0.39 is 63.7 Å². The highest BCUT2D eigenvalue weighted by Gasteiger charge is 2.61. The number of Topliss-reactive ketones (excluding diaryl/α,β-unsaturated/α-hetero) is 1. The monoisotopic (exact) mass is 528 g/mol. The maximum atomic E-state index is 14.5. The minimum Gasteiger partial charge on any atom is -0.508 e. The van der Waals surface area contributed by atoms with Gasteiger partial charge in [-0.2, -0.15) is 0 Å². The van der Waals surface area contributed by atoms with E-state index in [1.54, 1.807) is 14.1 Å². The number of unbranched alkanes of at least 4 members (excludes halogenated alkanes) is 1. The van der Waals surface area contributed by atoms with Crippen molar-refractivity contribution in [2.75, 3.05) is 20.7 Å². The molecule has 0 radical (unpaired) electrons. The smallest absolute Gasteiger partial charge is 0.342 e. The number of aromatic hydroxyl groups is 1. The predicted octanol–water partition coefficient (Wildman–Crippen LogP) is 3.64. The fourth-order valence-corrected chi connectivity index (χ4v) is 6.22. The minimum atomic E-state index is -2.11. The maximum absolute atomic E-state index is 14.5. The molecule has 38 heavy (non-hydrogen) atoms. The van der Waals surface area contributed by atoms with E-state index in [-0.39, 0.29) is 35.4 Å². The van der Waals surface area contributed by atoms with Gasteiger partial charge in [-0.15, -0.1) is 0 Å². The summed E-state index contributed by atoms with van der Waals surface area (Å²) in [4.78, 5) is 27.0. The fraction of sp³-hybridized carbons (Fsp3) is 0.444. The molecule has 0 saturated carbocycles. The summed E-state index contributed by atoms with van der Waals surface area (Å²) < 4.78 is 26.0. The molecule has 1 aromatic carbocycles. The van der Waals surface area contributed by atoms with Crippen molar-refractivity contribution in [1.29, 1.82) is 0 Å². The molecule has 0 saturated heterocycles. The predicted molar refractivity (Wildman–Crippen MR) is 132 cm³/mol. The number of aromatic carboxylic acids is 1. The first-order valence-electron chi connectivity index (χ1n) is 12.4. The zero-order valence-electron chi connectivity index (χ0n) is 21.2. The van der Waals surface area contributed by atoms with Gasteiger partial charge < -0.3 is 29.7 Å². The number of rotatable bonds is 6. The number of ether oxygens (including phenoxy) is 1.